The molecule has 2 atom stereocenters. The Balaban J connectivity index is 2.11. The van der Waals surface area contributed by atoms with E-state index in [4.69, 9.17) is 17.3 Å². The summed E-state index contributed by atoms with van der Waals surface area (Å²) in [5.41, 5.74) is 6.27. The molecule has 106 valence electrons. The van der Waals surface area contributed by atoms with E-state index in [2.05, 4.69) is 0 Å². The highest BCUT2D eigenvalue weighted by Crippen LogP contribution is 2.29. The Morgan fingerprint density at radius 2 is 2.21 bits per heavy atom. The molecule has 0 amide bonds. The molecule has 2 unspecified atom stereocenters. The van der Waals surface area contributed by atoms with Gasteiger partial charge in [0.1, 0.15) is 5.82 Å². The molecule has 0 saturated carbocycles. The normalized spacial score (nSPS) is 23.4. The first-order chi connectivity index (χ1) is 8.91. The highest BCUT2D eigenvalue weighted by molar-refractivity contribution is 7.91. The first-order valence-corrected chi connectivity index (χ1v) is 8.45. The topological polar surface area (TPSA) is 60.2 Å². The van der Waals surface area contributed by atoms with Gasteiger partial charge in [-0.25, -0.2) is 12.8 Å². The third-order valence-electron chi connectivity index (χ3n) is 3.73. The number of rotatable bonds is 4. The van der Waals surface area contributed by atoms with Crippen LogP contribution in [0.1, 0.15) is 12.0 Å². The predicted octanol–water partition coefficient (Wildman–Crippen LogP) is 2.03. The number of halogens is 2. The summed E-state index contributed by atoms with van der Waals surface area (Å²) in [5.74, 6) is 0.0614. The maximum Gasteiger partial charge on any atom is 0.150 e. The molecule has 2 N–H and O–H groups in total. The monoisotopic (exact) mass is 305 g/mol. The van der Waals surface area contributed by atoms with Crippen molar-refractivity contribution < 1.29 is 12.8 Å². The maximum absolute atomic E-state index is 13.7. The van der Waals surface area contributed by atoms with Gasteiger partial charge in [-0.15, -0.1) is 0 Å². The second-order valence-electron chi connectivity index (χ2n) is 5.10. The fourth-order valence-corrected chi connectivity index (χ4v) is 4.69. The number of hydrogen-bond donors (Lipinski definition) is 1. The van der Waals surface area contributed by atoms with E-state index in [1.54, 1.807) is 12.1 Å². The van der Waals surface area contributed by atoms with Gasteiger partial charge < -0.3 is 5.73 Å². The van der Waals surface area contributed by atoms with Gasteiger partial charge >= 0.3 is 0 Å². The lowest BCUT2D eigenvalue weighted by Gasteiger charge is -2.21. The van der Waals surface area contributed by atoms with Gasteiger partial charge in [-0.1, -0.05) is 17.7 Å². The van der Waals surface area contributed by atoms with Gasteiger partial charge in [0.2, 0.25) is 0 Å². The van der Waals surface area contributed by atoms with Crippen molar-refractivity contribution in [3.63, 3.8) is 0 Å². The van der Waals surface area contributed by atoms with Crippen molar-refractivity contribution in [2.45, 2.75) is 12.8 Å². The van der Waals surface area contributed by atoms with Crippen LogP contribution in [0.4, 0.5) is 4.39 Å². The molecule has 1 aromatic rings. The molecule has 6 heteroatoms. The molecule has 3 nitrogen and oxygen atoms in total. The summed E-state index contributed by atoms with van der Waals surface area (Å²) < 4.78 is 36.7. The Labute approximate surface area is 117 Å². The Morgan fingerprint density at radius 3 is 2.74 bits per heavy atom. The van der Waals surface area contributed by atoms with Crippen molar-refractivity contribution >= 4 is 21.4 Å². The molecule has 1 aliphatic heterocycles. The molecular weight excluding hydrogens is 289 g/mol. The average molecular weight is 306 g/mol. The minimum absolute atomic E-state index is 0.00653. The molecule has 0 aromatic heterocycles. The summed E-state index contributed by atoms with van der Waals surface area (Å²) in [5, 5.41) is 0.356. The number of nitrogens with two attached hydrogens (primary N) is 1. The summed E-state index contributed by atoms with van der Waals surface area (Å²) in [7, 11) is -2.93. The van der Waals surface area contributed by atoms with E-state index in [0.717, 1.165) is 0 Å². The smallest absolute Gasteiger partial charge is 0.150 e. The Morgan fingerprint density at radius 1 is 1.47 bits per heavy atom. The zero-order chi connectivity index (χ0) is 14.0. The molecule has 1 fully saturated rings. The van der Waals surface area contributed by atoms with Crippen LogP contribution < -0.4 is 5.73 Å². The van der Waals surface area contributed by atoms with Gasteiger partial charge in [0.25, 0.3) is 0 Å². The van der Waals surface area contributed by atoms with Crippen LogP contribution >= 0.6 is 11.6 Å². The number of hydrogen-bond acceptors (Lipinski definition) is 3. The van der Waals surface area contributed by atoms with E-state index in [1.165, 1.54) is 6.07 Å². The van der Waals surface area contributed by atoms with Crippen LogP contribution in [0.15, 0.2) is 18.2 Å². The molecular formula is C13H17ClFNO2S. The van der Waals surface area contributed by atoms with Crippen LogP contribution in [0, 0.1) is 17.7 Å². The number of benzene rings is 1. The summed E-state index contributed by atoms with van der Waals surface area (Å²) >= 11 is 5.71. The third-order valence-corrected chi connectivity index (χ3v) is 5.76. The van der Waals surface area contributed by atoms with E-state index in [0.29, 0.717) is 30.0 Å². The van der Waals surface area contributed by atoms with Crippen molar-refractivity contribution in [2.24, 2.45) is 17.6 Å². The van der Waals surface area contributed by atoms with E-state index < -0.39 is 9.84 Å². The minimum Gasteiger partial charge on any atom is -0.330 e. The van der Waals surface area contributed by atoms with E-state index in [9.17, 15) is 12.8 Å². The first-order valence-electron chi connectivity index (χ1n) is 6.25. The van der Waals surface area contributed by atoms with E-state index in [1.807, 2.05) is 0 Å². The Hall–Kier alpha value is -0.650. The van der Waals surface area contributed by atoms with E-state index in [-0.39, 0.29) is 29.2 Å². The maximum atomic E-state index is 13.7. The van der Waals surface area contributed by atoms with Gasteiger partial charge in [0.05, 0.1) is 11.5 Å². The van der Waals surface area contributed by atoms with Crippen molar-refractivity contribution in [3.8, 4) is 0 Å². The molecule has 0 bridgehead atoms. The minimum atomic E-state index is -2.93. The first kappa shape index (κ1) is 14.8. The Kier molecular flexibility index (Phi) is 4.48. The second-order valence-corrected chi connectivity index (χ2v) is 7.76. The quantitative estimate of drug-likeness (QED) is 0.926. The molecule has 1 aromatic carbocycles. The zero-order valence-electron chi connectivity index (χ0n) is 10.5. The number of sulfone groups is 1. The van der Waals surface area contributed by atoms with Gasteiger partial charge in [-0.2, -0.15) is 0 Å². The molecule has 1 aliphatic rings. The second kappa shape index (κ2) is 5.77. The van der Waals surface area contributed by atoms with Gasteiger partial charge in [0, 0.05) is 5.02 Å². The SMILES string of the molecule is NCC(Cc1ccc(Cl)cc1F)C1CCS(=O)(=O)C1. The molecule has 0 aliphatic carbocycles. The summed E-state index contributed by atoms with van der Waals surface area (Å²) in [4.78, 5) is 0. The van der Waals surface area contributed by atoms with Crippen LogP contribution in [0.25, 0.3) is 0 Å². The van der Waals surface area contributed by atoms with Crippen LogP contribution in [0.5, 0.6) is 0 Å². The Bertz CT molecular complexity index is 562. The summed E-state index contributed by atoms with van der Waals surface area (Å²) in [6, 6.07) is 4.55. The molecule has 2 rings (SSSR count). The molecule has 1 heterocycles. The van der Waals surface area contributed by atoms with Crippen LogP contribution in [-0.4, -0.2) is 26.5 Å². The molecule has 0 radical (unpaired) electrons. The van der Waals surface area contributed by atoms with Crippen molar-refractivity contribution in [2.75, 3.05) is 18.1 Å². The summed E-state index contributed by atoms with van der Waals surface area (Å²) in [6.45, 7) is 0.363. The predicted molar refractivity (Wildman–Crippen MR) is 74.4 cm³/mol. The van der Waals surface area contributed by atoms with Crippen molar-refractivity contribution in [1.29, 1.82) is 0 Å². The van der Waals surface area contributed by atoms with Crippen LogP contribution in [-0.2, 0) is 16.3 Å². The fraction of sp³-hybridized carbons (Fsp3) is 0.538. The van der Waals surface area contributed by atoms with E-state index >= 15 is 0 Å². The van der Waals surface area contributed by atoms with Gasteiger partial charge in [-0.05, 0) is 48.9 Å². The fourth-order valence-electron chi connectivity index (χ4n) is 2.61. The summed E-state index contributed by atoms with van der Waals surface area (Å²) in [6.07, 6.45) is 1.08. The highest BCUT2D eigenvalue weighted by atomic mass is 35.5. The lowest BCUT2D eigenvalue weighted by molar-refractivity contribution is 0.366. The third kappa shape index (κ3) is 3.68. The standard InChI is InChI=1S/C13H17ClFNO2S/c14-12-2-1-9(13(15)6-12)5-11(7-16)10-3-4-19(17,18)8-10/h1-2,6,10-11H,3-5,7-8,16H2. The average Bonchev–Trinajstić information content (AvgIpc) is 2.69. The molecule has 1 saturated heterocycles. The van der Waals surface area contributed by atoms with Gasteiger partial charge in [0.15, 0.2) is 9.84 Å². The van der Waals surface area contributed by atoms with Crippen LogP contribution in [0.2, 0.25) is 5.02 Å². The van der Waals surface area contributed by atoms with Crippen molar-refractivity contribution in [1.82, 2.24) is 0 Å². The van der Waals surface area contributed by atoms with Crippen molar-refractivity contribution in [3.05, 3.63) is 34.6 Å². The molecule has 19 heavy (non-hydrogen) atoms. The van der Waals surface area contributed by atoms with Crippen LogP contribution in [0.3, 0.4) is 0 Å². The highest BCUT2D eigenvalue weighted by Gasteiger charge is 2.33. The molecule has 0 spiro atoms. The zero-order valence-corrected chi connectivity index (χ0v) is 12.1. The lowest BCUT2D eigenvalue weighted by Crippen LogP contribution is -2.26. The van der Waals surface area contributed by atoms with Gasteiger partial charge in [-0.3, -0.25) is 0 Å². The largest absolute Gasteiger partial charge is 0.330 e. The lowest BCUT2D eigenvalue weighted by atomic mass is 9.86.